The van der Waals surface area contributed by atoms with Gasteiger partial charge in [0.25, 0.3) is 0 Å². The quantitative estimate of drug-likeness (QED) is 0.886. The van der Waals surface area contributed by atoms with Crippen molar-refractivity contribution in [1.82, 2.24) is 14.8 Å². The molecular weight excluding hydrogens is 326 g/mol. The molecule has 25 heavy (non-hydrogen) atoms. The molecule has 1 aromatic carbocycles. The van der Waals surface area contributed by atoms with Crippen LogP contribution in [0.5, 0.6) is 17.2 Å². The maximum atomic E-state index is 12.0. The van der Waals surface area contributed by atoms with Gasteiger partial charge in [0, 0.05) is 18.4 Å². The first-order valence-corrected chi connectivity index (χ1v) is 7.66. The Morgan fingerprint density at radius 2 is 1.84 bits per heavy atom. The minimum atomic E-state index is -0.539. The van der Waals surface area contributed by atoms with Gasteiger partial charge in [-0.15, -0.1) is 0 Å². The summed E-state index contributed by atoms with van der Waals surface area (Å²) < 4.78 is 17.6. The van der Waals surface area contributed by atoms with Crippen molar-refractivity contribution in [2.24, 2.45) is 0 Å². The Hall–Kier alpha value is -3.03. The first-order chi connectivity index (χ1) is 12.1. The molecule has 2 atom stereocenters. The fraction of sp³-hybridized carbons (Fsp3) is 0.353. The second kappa shape index (κ2) is 6.84. The van der Waals surface area contributed by atoms with Gasteiger partial charge in [-0.3, -0.25) is 4.79 Å². The zero-order valence-electron chi connectivity index (χ0n) is 14.2. The number of hydrogen-bond donors (Lipinski definition) is 1. The molecule has 132 valence electrons. The van der Waals surface area contributed by atoms with E-state index in [1.54, 1.807) is 12.1 Å². The number of ether oxygens (including phenoxy) is 3. The molecule has 1 N–H and O–H groups in total. The van der Waals surface area contributed by atoms with Crippen molar-refractivity contribution in [3.63, 3.8) is 0 Å². The Balaban J connectivity index is 2.12. The third kappa shape index (κ3) is 3.02. The lowest BCUT2D eigenvalue weighted by Gasteiger charge is -2.30. The van der Waals surface area contributed by atoms with Crippen LogP contribution in [0.1, 0.15) is 23.9 Å². The Morgan fingerprint density at radius 3 is 2.36 bits per heavy atom. The fourth-order valence-electron chi connectivity index (χ4n) is 3.14. The number of rotatable bonds is 5. The highest BCUT2D eigenvalue weighted by molar-refractivity contribution is 5.92. The number of hydrogen-bond acceptors (Lipinski definition) is 7. The van der Waals surface area contributed by atoms with Crippen LogP contribution in [-0.2, 0) is 4.79 Å². The van der Waals surface area contributed by atoms with E-state index in [2.05, 4.69) is 10.1 Å². The molecule has 0 saturated heterocycles. The van der Waals surface area contributed by atoms with Crippen molar-refractivity contribution in [2.75, 3.05) is 21.3 Å². The van der Waals surface area contributed by atoms with E-state index in [0.29, 0.717) is 17.2 Å². The molecule has 0 spiro atoms. The van der Waals surface area contributed by atoms with Crippen molar-refractivity contribution in [3.05, 3.63) is 42.2 Å². The highest BCUT2D eigenvalue weighted by Crippen LogP contribution is 2.45. The summed E-state index contributed by atoms with van der Waals surface area (Å²) in [5, 5.41) is 14.5. The Bertz CT molecular complexity index is 776. The van der Waals surface area contributed by atoms with Crippen LogP contribution in [0, 0.1) is 0 Å². The molecule has 1 aliphatic carbocycles. The maximum Gasteiger partial charge on any atom is 0.203 e. The summed E-state index contributed by atoms with van der Waals surface area (Å²) in [5.41, 5.74) is 0.767. The largest absolute Gasteiger partial charge is 0.510 e. The number of benzene rings is 1. The van der Waals surface area contributed by atoms with Crippen LogP contribution in [0.2, 0.25) is 0 Å². The zero-order chi connectivity index (χ0) is 18.0. The van der Waals surface area contributed by atoms with Crippen molar-refractivity contribution in [2.45, 2.75) is 18.4 Å². The molecule has 2 aromatic rings. The molecule has 1 aromatic heterocycles. The van der Waals surface area contributed by atoms with Crippen LogP contribution in [-0.4, -0.2) is 47.0 Å². The second-order valence-corrected chi connectivity index (χ2v) is 5.63. The van der Waals surface area contributed by atoms with Gasteiger partial charge >= 0.3 is 0 Å². The van der Waals surface area contributed by atoms with Gasteiger partial charge in [-0.05, 0) is 17.7 Å². The molecule has 8 heteroatoms. The van der Waals surface area contributed by atoms with Gasteiger partial charge < -0.3 is 19.3 Å². The number of aliphatic hydroxyl groups is 1. The second-order valence-electron chi connectivity index (χ2n) is 5.63. The van der Waals surface area contributed by atoms with Gasteiger partial charge in [-0.25, -0.2) is 9.67 Å². The van der Waals surface area contributed by atoms with Gasteiger partial charge in [0.2, 0.25) is 5.75 Å². The van der Waals surface area contributed by atoms with E-state index >= 15 is 0 Å². The Kier molecular flexibility index (Phi) is 4.60. The summed E-state index contributed by atoms with van der Waals surface area (Å²) in [6.07, 6.45) is 4.35. The molecule has 0 radical (unpaired) electrons. The van der Waals surface area contributed by atoms with Crippen LogP contribution in [0.3, 0.4) is 0 Å². The first-order valence-electron chi connectivity index (χ1n) is 7.66. The predicted octanol–water partition coefficient (Wildman–Crippen LogP) is 2.04. The molecular formula is C17H19N3O5. The number of aliphatic hydroxyl groups excluding tert-OH is 1. The van der Waals surface area contributed by atoms with E-state index in [4.69, 9.17) is 14.2 Å². The van der Waals surface area contributed by atoms with Crippen molar-refractivity contribution < 1.29 is 24.1 Å². The average Bonchev–Trinajstić information content (AvgIpc) is 3.13. The molecule has 0 aliphatic heterocycles. The summed E-state index contributed by atoms with van der Waals surface area (Å²) in [4.78, 5) is 16.0. The molecule has 0 amide bonds. The topological polar surface area (TPSA) is 95.7 Å². The summed E-state index contributed by atoms with van der Waals surface area (Å²) in [7, 11) is 4.58. The minimum absolute atomic E-state index is 0.0551. The molecule has 0 bridgehead atoms. The number of nitrogens with zero attached hydrogens (tertiary/aromatic N) is 3. The fourth-order valence-corrected chi connectivity index (χ4v) is 3.14. The summed E-state index contributed by atoms with van der Waals surface area (Å²) in [6.45, 7) is 0. The van der Waals surface area contributed by atoms with E-state index in [0.717, 1.165) is 5.56 Å². The lowest BCUT2D eigenvalue weighted by Crippen LogP contribution is -2.27. The number of allylic oxidation sites excluding steroid dienone is 2. The number of ketones is 1. The Labute approximate surface area is 144 Å². The maximum absolute atomic E-state index is 12.0. The lowest BCUT2D eigenvalue weighted by molar-refractivity contribution is -0.116. The summed E-state index contributed by atoms with van der Waals surface area (Å²) in [5.74, 6) is 0.861. The normalized spacial score (nSPS) is 20.1. The first kappa shape index (κ1) is 16.8. The van der Waals surface area contributed by atoms with Crippen LogP contribution in [0.25, 0.3) is 0 Å². The smallest absolute Gasteiger partial charge is 0.203 e. The molecule has 0 saturated carbocycles. The summed E-state index contributed by atoms with van der Waals surface area (Å²) in [6, 6.07) is 3.02. The highest BCUT2D eigenvalue weighted by atomic mass is 16.5. The van der Waals surface area contributed by atoms with E-state index in [1.165, 1.54) is 44.7 Å². The van der Waals surface area contributed by atoms with Crippen molar-refractivity contribution >= 4 is 5.78 Å². The summed E-state index contributed by atoms with van der Waals surface area (Å²) >= 11 is 0. The van der Waals surface area contributed by atoms with Crippen LogP contribution in [0.15, 0.2) is 36.6 Å². The van der Waals surface area contributed by atoms with Crippen molar-refractivity contribution in [3.8, 4) is 17.2 Å². The third-order valence-corrected chi connectivity index (χ3v) is 4.25. The van der Waals surface area contributed by atoms with Gasteiger partial charge in [-0.2, -0.15) is 5.10 Å². The predicted molar refractivity (Wildman–Crippen MR) is 88.2 cm³/mol. The number of carbonyl (C=O) groups is 1. The van der Waals surface area contributed by atoms with Crippen LogP contribution >= 0.6 is 0 Å². The third-order valence-electron chi connectivity index (χ3n) is 4.25. The molecule has 1 heterocycles. The van der Waals surface area contributed by atoms with E-state index < -0.39 is 6.04 Å². The van der Waals surface area contributed by atoms with Crippen LogP contribution in [0.4, 0.5) is 0 Å². The SMILES string of the molecule is COc1cc([C@H]2CC(=O)C=C(O)[C@@H]2n2cncn2)cc(OC)c1OC. The number of carbonyl (C=O) groups excluding carboxylic acids is 1. The monoisotopic (exact) mass is 345 g/mol. The van der Waals surface area contributed by atoms with Crippen molar-refractivity contribution in [1.29, 1.82) is 0 Å². The minimum Gasteiger partial charge on any atom is -0.510 e. The lowest BCUT2D eigenvalue weighted by atomic mass is 9.82. The van der Waals surface area contributed by atoms with Crippen LogP contribution < -0.4 is 14.2 Å². The van der Waals surface area contributed by atoms with E-state index in [9.17, 15) is 9.90 Å². The van der Waals surface area contributed by atoms with E-state index in [1.807, 2.05) is 0 Å². The number of methoxy groups -OCH3 is 3. The standard InChI is InChI=1S/C17H19N3O5/c1-23-14-4-10(5-15(24-2)17(14)25-3)12-6-11(21)7-13(22)16(12)20-9-18-8-19-20/h4-5,7-9,12,16,22H,6H2,1-3H3/t12-,16-/m1/s1. The van der Waals surface area contributed by atoms with E-state index in [-0.39, 0.29) is 23.9 Å². The van der Waals surface area contributed by atoms with Gasteiger partial charge in [0.15, 0.2) is 17.3 Å². The Morgan fingerprint density at radius 1 is 1.16 bits per heavy atom. The molecule has 8 nitrogen and oxygen atoms in total. The average molecular weight is 345 g/mol. The molecule has 1 aliphatic rings. The molecule has 0 fully saturated rings. The number of aromatic nitrogens is 3. The van der Waals surface area contributed by atoms with Gasteiger partial charge in [-0.1, -0.05) is 0 Å². The molecule has 0 unspecified atom stereocenters. The zero-order valence-corrected chi connectivity index (χ0v) is 14.2. The molecule has 3 rings (SSSR count). The van der Waals surface area contributed by atoms with Gasteiger partial charge in [0.1, 0.15) is 24.5 Å². The van der Waals surface area contributed by atoms with Gasteiger partial charge in [0.05, 0.1) is 21.3 Å². The highest BCUT2D eigenvalue weighted by Gasteiger charge is 2.35.